The number of nitrogens with zero attached hydrogens (tertiary/aromatic N) is 2. The van der Waals surface area contributed by atoms with Crippen molar-refractivity contribution in [3.63, 3.8) is 0 Å². The molecule has 0 unspecified atom stereocenters. The summed E-state index contributed by atoms with van der Waals surface area (Å²) in [6.07, 6.45) is 6.14. The molecule has 2 aliphatic rings. The Morgan fingerprint density at radius 1 is 1.38 bits per heavy atom. The van der Waals surface area contributed by atoms with Crippen LogP contribution >= 0.6 is 0 Å². The van der Waals surface area contributed by atoms with Gasteiger partial charge >= 0.3 is 0 Å². The summed E-state index contributed by atoms with van der Waals surface area (Å²) in [5.74, 6) is 1.05. The summed E-state index contributed by atoms with van der Waals surface area (Å²) >= 11 is 0. The molecular formula is C20H23N3O3. The molecule has 136 valence electrons. The molecule has 0 bridgehead atoms. The van der Waals surface area contributed by atoms with Crippen molar-refractivity contribution in [3.8, 4) is 0 Å². The fourth-order valence-electron chi connectivity index (χ4n) is 3.95. The van der Waals surface area contributed by atoms with Gasteiger partial charge in [0.15, 0.2) is 5.76 Å². The lowest BCUT2D eigenvalue weighted by molar-refractivity contribution is -0.129. The second-order valence-corrected chi connectivity index (χ2v) is 7.31. The Bertz CT molecular complexity index is 826. The van der Waals surface area contributed by atoms with E-state index < -0.39 is 0 Å². The largest absolute Gasteiger partial charge is 0.456 e. The van der Waals surface area contributed by atoms with Crippen LogP contribution in [0.3, 0.4) is 0 Å². The van der Waals surface area contributed by atoms with Crippen LogP contribution in [0.15, 0.2) is 35.0 Å². The molecule has 2 aromatic heterocycles. The Kier molecular flexibility index (Phi) is 4.26. The van der Waals surface area contributed by atoms with Crippen molar-refractivity contribution in [1.82, 2.24) is 15.2 Å². The number of hydrogen-bond donors (Lipinski definition) is 1. The highest BCUT2D eigenvalue weighted by molar-refractivity contribution is 5.93. The molecule has 1 saturated heterocycles. The van der Waals surface area contributed by atoms with Gasteiger partial charge in [0.05, 0.1) is 6.04 Å². The minimum Gasteiger partial charge on any atom is -0.456 e. The Labute approximate surface area is 152 Å². The molecule has 1 aliphatic heterocycles. The van der Waals surface area contributed by atoms with Gasteiger partial charge in [0.2, 0.25) is 5.91 Å². The number of hydrogen-bond acceptors (Lipinski definition) is 4. The van der Waals surface area contributed by atoms with E-state index in [0.717, 1.165) is 29.7 Å². The van der Waals surface area contributed by atoms with Crippen molar-refractivity contribution in [3.05, 3.63) is 53.2 Å². The predicted octanol–water partition coefficient (Wildman–Crippen LogP) is 2.77. The molecule has 2 fully saturated rings. The summed E-state index contributed by atoms with van der Waals surface area (Å²) in [5, 5.41) is 2.96. The number of nitrogens with one attached hydrogen (secondary N) is 1. The Morgan fingerprint density at radius 2 is 2.19 bits per heavy atom. The van der Waals surface area contributed by atoms with Crippen molar-refractivity contribution < 1.29 is 14.0 Å². The molecule has 1 saturated carbocycles. The predicted molar refractivity (Wildman–Crippen MR) is 95.5 cm³/mol. The number of aromatic nitrogens is 1. The third-order valence-corrected chi connectivity index (χ3v) is 5.21. The lowest BCUT2D eigenvalue weighted by Gasteiger charge is -2.28. The minimum atomic E-state index is -0.224. The van der Waals surface area contributed by atoms with Crippen LogP contribution in [0.2, 0.25) is 0 Å². The van der Waals surface area contributed by atoms with E-state index in [-0.39, 0.29) is 23.8 Å². The average Bonchev–Trinajstić information content (AvgIpc) is 3.33. The molecule has 26 heavy (non-hydrogen) atoms. The lowest BCUT2D eigenvalue weighted by atomic mass is 9.94. The van der Waals surface area contributed by atoms with E-state index in [1.807, 2.05) is 43.1 Å². The second-order valence-electron chi connectivity index (χ2n) is 7.31. The smallest absolute Gasteiger partial charge is 0.287 e. The van der Waals surface area contributed by atoms with E-state index in [1.165, 1.54) is 0 Å². The van der Waals surface area contributed by atoms with Crippen LogP contribution in [0.25, 0.3) is 0 Å². The molecular weight excluding hydrogens is 330 g/mol. The first-order valence-electron chi connectivity index (χ1n) is 9.11. The first kappa shape index (κ1) is 16.8. The Morgan fingerprint density at radius 3 is 2.81 bits per heavy atom. The van der Waals surface area contributed by atoms with Crippen molar-refractivity contribution in [1.29, 1.82) is 0 Å². The molecule has 0 spiro atoms. The van der Waals surface area contributed by atoms with Gasteiger partial charge in [0.25, 0.3) is 5.91 Å². The highest BCUT2D eigenvalue weighted by Crippen LogP contribution is 2.44. The van der Waals surface area contributed by atoms with Crippen LogP contribution in [0.5, 0.6) is 0 Å². The van der Waals surface area contributed by atoms with E-state index in [2.05, 4.69) is 10.3 Å². The third-order valence-electron chi connectivity index (χ3n) is 5.21. The third kappa shape index (κ3) is 3.11. The van der Waals surface area contributed by atoms with Gasteiger partial charge < -0.3 is 14.6 Å². The second kappa shape index (κ2) is 6.59. The van der Waals surface area contributed by atoms with Gasteiger partial charge in [-0.2, -0.15) is 0 Å². The van der Waals surface area contributed by atoms with Crippen LogP contribution < -0.4 is 5.32 Å². The van der Waals surface area contributed by atoms with E-state index in [4.69, 9.17) is 4.42 Å². The normalized spacial score (nSPS) is 22.7. The van der Waals surface area contributed by atoms with Gasteiger partial charge in [0.1, 0.15) is 5.76 Å². The van der Waals surface area contributed by atoms with Crippen LogP contribution in [0, 0.1) is 19.8 Å². The molecule has 6 nitrogen and oxygen atoms in total. The fraction of sp³-hybridized carbons (Fsp3) is 0.450. The number of furan rings is 1. The number of aryl methyl sites for hydroxylation is 2. The highest BCUT2D eigenvalue weighted by atomic mass is 16.3. The molecule has 0 aromatic carbocycles. The summed E-state index contributed by atoms with van der Waals surface area (Å²) in [6, 6.07) is 6.07. The molecule has 2 atom stereocenters. The van der Waals surface area contributed by atoms with Gasteiger partial charge in [-0.3, -0.25) is 14.6 Å². The molecule has 3 heterocycles. The Hall–Kier alpha value is -2.63. The number of likely N-dealkylation sites (tertiary alicyclic amines) is 1. The van der Waals surface area contributed by atoms with Crippen LogP contribution in [0.4, 0.5) is 0 Å². The maximum absolute atomic E-state index is 12.6. The first-order chi connectivity index (χ1) is 12.5. The SMILES string of the molecule is Cc1cc(C)c(C(=O)NC[C@@H]2CC(=O)N(C3CC3)[C@H]2c2cccnc2)o1. The highest BCUT2D eigenvalue weighted by Gasteiger charge is 2.47. The molecule has 1 aliphatic carbocycles. The summed E-state index contributed by atoms with van der Waals surface area (Å²) in [5.41, 5.74) is 1.86. The van der Waals surface area contributed by atoms with Crippen LogP contribution in [-0.2, 0) is 4.79 Å². The number of rotatable bonds is 5. The van der Waals surface area contributed by atoms with Gasteiger partial charge in [0, 0.05) is 42.9 Å². The van der Waals surface area contributed by atoms with E-state index in [9.17, 15) is 9.59 Å². The number of carbonyl (C=O) groups excluding carboxylic acids is 2. The average molecular weight is 353 g/mol. The zero-order valence-electron chi connectivity index (χ0n) is 15.1. The number of pyridine rings is 1. The summed E-state index contributed by atoms with van der Waals surface area (Å²) < 4.78 is 5.49. The number of carbonyl (C=O) groups is 2. The van der Waals surface area contributed by atoms with Crippen LogP contribution in [-0.4, -0.2) is 34.3 Å². The van der Waals surface area contributed by atoms with Crippen molar-refractivity contribution in [2.24, 2.45) is 5.92 Å². The van der Waals surface area contributed by atoms with Gasteiger partial charge in [-0.05, 0) is 44.4 Å². The molecule has 2 amide bonds. The maximum Gasteiger partial charge on any atom is 0.287 e. The van der Waals surface area contributed by atoms with E-state index in [0.29, 0.717) is 24.8 Å². The van der Waals surface area contributed by atoms with Gasteiger partial charge in [-0.1, -0.05) is 6.07 Å². The molecule has 4 rings (SSSR count). The Balaban J connectivity index is 1.52. The molecule has 2 aromatic rings. The van der Waals surface area contributed by atoms with E-state index >= 15 is 0 Å². The minimum absolute atomic E-state index is 0.0246. The number of amides is 2. The van der Waals surface area contributed by atoms with Crippen molar-refractivity contribution in [2.45, 2.75) is 45.2 Å². The van der Waals surface area contributed by atoms with Crippen molar-refractivity contribution in [2.75, 3.05) is 6.54 Å². The molecule has 0 radical (unpaired) electrons. The zero-order chi connectivity index (χ0) is 18.3. The van der Waals surface area contributed by atoms with Crippen molar-refractivity contribution >= 4 is 11.8 Å². The monoisotopic (exact) mass is 353 g/mol. The standard InChI is InChI=1S/C20H23N3O3/c1-12-8-13(2)26-19(12)20(25)22-11-15-9-17(24)23(16-5-6-16)18(15)14-4-3-7-21-10-14/h3-4,7-8,10,15-16,18H,5-6,9,11H2,1-2H3,(H,22,25)/t15-,18-/m0/s1. The lowest BCUT2D eigenvalue weighted by Crippen LogP contribution is -2.35. The summed E-state index contributed by atoms with van der Waals surface area (Å²) in [4.78, 5) is 31.3. The molecule has 1 N–H and O–H groups in total. The topological polar surface area (TPSA) is 75.4 Å². The summed E-state index contributed by atoms with van der Waals surface area (Å²) in [7, 11) is 0. The quantitative estimate of drug-likeness (QED) is 0.897. The van der Waals surface area contributed by atoms with Gasteiger partial charge in [-0.25, -0.2) is 0 Å². The zero-order valence-corrected chi connectivity index (χ0v) is 15.1. The first-order valence-corrected chi connectivity index (χ1v) is 9.11. The van der Waals surface area contributed by atoms with Crippen LogP contribution in [0.1, 0.15) is 52.7 Å². The van der Waals surface area contributed by atoms with E-state index in [1.54, 1.807) is 6.20 Å². The van der Waals surface area contributed by atoms with Gasteiger partial charge in [-0.15, -0.1) is 0 Å². The summed E-state index contributed by atoms with van der Waals surface area (Å²) in [6.45, 7) is 4.12. The molecule has 6 heteroatoms. The maximum atomic E-state index is 12.6. The fourth-order valence-corrected chi connectivity index (χ4v) is 3.95.